The molecule has 0 heterocycles. The number of carbonyl (C=O) groups is 1. The molecule has 6 heteroatoms. The summed E-state index contributed by atoms with van der Waals surface area (Å²) < 4.78 is 11.9. The van der Waals surface area contributed by atoms with Crippen molar-refractivity contribution in [1.82, 2.24) is 0 Å². The highest BCUT2D eigenvalue weighted by Gasteiger charge is 2.10. The van der Waals surface area contributed by atoms with Gasteiger partial charge in [-0.05, 0) is 43.7 Å². The molecular formula is C18H17BrN2O3. The number of halogens is 1. The predicted octanol–water partition coefficient (Wildman–Crippen LogP) is 4.05. The molecule has 2 aromatic carbocycles. The number of hydrogen-bond donors (Lipinski definition) is 1. The molecule has 0 fully saturated rings. The first kappa shape index (κ1) is 17.8. The molecular weight excluding hydrogens is 372 g/mol. The number of anilines is 1. The van der Waals surface area contributed by atoms with Crippen molar-refractivity contribution in [2.45, 2.75) is 13.8 Å². The lowest BCUT2D eigenvalue weighted by molar-refractivity contribution is -0.118. The quantitative estimate of drug-likeness (QED) is 0.809. The largest absolute Gasteiger partial charge is 0.490 e. The second-order valence-corrected chi connectivity index (χ2v) is 5.86. The lowest BCUT2D eigenvalue weighted by Crippen LogP contribution is -2.20. The molecule has 24 heavy (non-hydrogen) atoms. The monoisotopic (exact) mass is 388 g/mol. The fraction of sp³-hybridized carbons (Fsp3) is 0.222. The summed E-state index contributed by atoms with van der Waals surface area (Å²) in [5, 5.41) is 11.7. The van der Waals surface area contributed by atoms with Crippen LogP contribution >= 0.6 is 15.9 Å². The molecule has 0 unspecified atom stereocenters. The van der Waals surface area contributed by atoms with Gasteiger partial charge in [-0.2, -0.15) is 5.26 Å². The summed E-state index contributed by atoms with van der Waals surface area (Å²) in [6.45, 7) is 4.09. The van der Waals surface area contributed by atoms with Crippen molar-refractivity contribution in [3.05, 3.63) is 52.0 Å². The molecule has 0 aliphatic heterocycles. The summed E-state index contributed by atoms with van der Waals surface area (Å²) >= 11 is 3.43. The third-order valence-corrected chi connectivity index (χ3v) is 4.04. The first-order valence-corrected chi connectivity index (χ1v) is 8.18. The second-order valence-electron chi connectivity index (χ2n) is 5.01. The molecule has 0 aliphatic carbocycles. The Morgan fingerprint density at radius 3 is 2.67 bits per heavy atom. The molecule has 0 spiro atoms. The van der Waals surface area contributed by atoms with Crippen LogP contribution in [0.4, 0.5) is 5.69 Å². The number of aryl methyl sites for hydroxylation is 1. The molecule has 0 saturated carbocycles. The summed E-state index contributed by atoms with van der Waals surface area (Å²) in [5.41, 5.74) is 2.24. The Hall–Kier alpha value is -2.52. The molecule has 124 valence electrons. The minimum atomic E-state index is -0.280. The Kier molecular flexibility index (Phi) is 6.21. The lowest BCUT2D eigenvalue weighted by atomic mass is 10.2. The zero-order valence-electron chi connectivity index (χ0n) is 13.4. The van der Waals surface area contributed by atoms with Gasteiger partial charge in [0.1, 0.15) is 0 Å². The second kappa shape index (κ2) is 8.37. The van der Waals surface area contributed by atoms with Gasteiger partial charge in [0.15, 0.2) is 18.1 Å². The van der Waals surface area contributed by atoms with Crippen LogP contribution in [-0.4, -0.2) is 19.1 Å². The fourth-order valence-electron chi connectivity index (χ4n) is 1.98. The van der Waals surface area contributed by atoms with Gasteiger partial charge in [-0.3, -0.25) is 4.79 Å². The van der Waals surface area contributed by atoms with Gasteiger partial charge in [0.25, 0.3) is 5.91 Å². The van der Waals surface area contributed by atoms with E-state index >= 15 is 0 Å². The Morgan fingerprint density at radius 2 is 2.00 bits per heavy atom. The lowest BCUT2D eigenvalue weighted by Gasteiger charge is -2.12. The summed E-state index contributed by atoms with van der Waals surface area (Å²) in [4.78, 5) is 12.0. The van der Waals surface area contributed by atoms with E-state index in [0.717, 1.165) is 10.0 Å². The maximum atomic E-state index is 12.0. The number of benzene rings is 2. The Labute approximate surface area is 149 Å². The van der Waals surface area contributed by atoms with Crippen molar-refractivity contribution in [3.8, 4) is 17.6 Å². The van der Waals surface area contributed by atoms with E-state index in [-0.39, 0.29) is 12.5 Å². The van der Waals surface area contributed by atoms with Gasteiger partial charge in [0.2, 0.25) is 0 Å². The number of nitriles is 1. The molecule has 5 nitrogen and oxygen atoms in total. The summed E-state index contributed by atoms with van der Waals surface area (Å²) in [5.74, 6) is 0.594. The summed E-state index contributed by atoms with van der Waals surface area (Å²) in [7, 11) is 0. The third kappa shape index (κ3) is 4.74. The molecule has 0 aromatic heterocycles. The average molecular weight is 389 g/mol. The number of carbonyl (C=O) groups excluding carboxylic acids is 1. The Balaban J connectivity index is 2.00. The van der Waals surface area contributed by atoms with E-state index in [9.17, 15) is 4.79 Å². The van der Waals surface area contributed by atoms with Crippen LogP contribution in [0.2, 0.25) is 0 Å². The van der Waals surface area contributed by atoms with E-state index < -0.39 is 0 Å². The molecule has 0 saturated heterocycles. The highest BCUT2D eigenvalue weighted by Crippen LogP contribution is 2.28. The molecule has 1 amide bonds. The van der Waals surface area contributed by atoms with Crippen LogP contribution in [0, 0.1) is 18.3 Å². The molecule has 2 aromatic rings. The Bertz CT molecular complexity index is 784. The number of hydrogen-bond acceptors (Lipinski definition) is 4. The molecule has 0 aliphatic rings. The molecule has 0 bridgehead atoms. The van der Waals surface area contributed by atoms with Gasteiger partial charge in [0, 0.05) is 16.2 Å². The SMILES string of the molecule is CCOc1cc(C#N)ccc1OCC(=O)Nc1ccc(C)c(Br)c1. The standard InChI is InChI=1S/C18H17BrN2O3/c1-3-23-17-8-13(10-20)5-7-16(17)24-11-18(22)21-14-6-4-12(2)15(19)9-14/h4-9H,3,11H2,1-2H3,(H,21,22). The zero-order chi connectivity index (χ0) is 17.5. The van der Waals surface area contributed by atoms with Gasteiger partial charge in [-0.1, -0.05) is 22.0 Å². The van der Waals surface area contributed by atoms with Gasteiger partial charge in [0.05, 0.1) is 18.2 Å². The van der Waals surface area contributed by atoms with Gasteiger partial charge < -0.3 is 14.8 Å². The van der Waals surface area contributed by atoms with Gasteiger partial charge >= 0.3 is 0 Å². The number of nitrogens with zero attached hydrogens (tertiary/aromatic N) is 1. The molecule has 2 rings (SSSR count). The van der Waals surface area contributed by atoms with Crippen LogP contribution in [0.3, 0.4) is 0 Å². The predicted molar refractivity (Wildman–Crippen MR) is 95.3 cm³/mol. The number of nitrogens with one attached hydrogen (secondary N) is 1. The highest BCUT2D eigenvalue weighted by molar-refractivity contribution is 9.10. The van der Waals surface area contributed by atoms with E-state index in [1.807, 2.05) is 38.1 Å². The first-order chi connectivity index (χ1) is 11.5. The van der Waals surface area contributed by atoms with Crippen molar-refractivity contribution in [1.29, 1.82) is 5.26 Å². The zero-order valence-corrected chi connectivity index (χ0v) is 15.0. The van der Waals surface area contributed by atoms with Crippen LogP contribution in [0.1, 0.15) is 18.1 Å². The van der Waals surface area contributed by atoms with Crippen molar-refractivity contribution in [2.24, 2.45) is 0 Å². The van der Waals surface area contributed by atoms with E-state index in [1.165, 1.54) is 0 Å². The minimum absolute atomic E-state index is 0.155. The van der Waals surface area contributed by atoms with Gasteiger partial charge in [-0.15, -0.1) is 0 Å². The van der Waals surface area contributed by atoms with E-state index in [4.69, 9.17) is 14.7 Å². The summed E-state index contributed by atoms with van der Waals surface area (Å²) in [6.07, 6.45) is 0. The summed E-state index contributed by atoms with van der Waals surface area (Å²) in [6, 6.07) is 12.4. The Morgan fingerprint density at radius 1 is 1.21 bits per heavy atom. The first-order valence-electron chi connectivity index (χ1n) is 7.39. The highest BCUT2D eigenvalue weighted by atomic mass is 79.9. The molecule has 0 radical (unpaired) electrons. The normalized spacial score (nSPS) is 9.92. The molecule has 0 atom stereocenters. The van der Waals surface area contributed by atoms with Crippen molar-refractivity contribution in [2.75, 3.05) is 18.5 Å². The number of rotatable bonds is 6. The average Bonchev–Trinajstić information content (AvgIpc) is 2.57. The van der Waals surface area contributed by atoms with Crippen molar-refractivity contribution in [3.63, 3.8) is 0 Å². The van der Waals surface area contributed by atoms with Crippen LogP contribution in [0.25, 0.3) is 0 Å². The van der Waals surface area contributed by atoms with Crippen LogP contribution in [0.15, 0.2) is 40.9 Å². The third-order valence-electron chi connectivity index (χ3n) is 3.19. The van der Waals surface area contributed by atoms with Crippen LogP contribution < -0.4 is 14.8 Å². The number of amides is 1. The van der Waals surface area contributed by atoms with E-state index in [2.05, 4.69) is 21.2 Å². The van der Waals surface area contributed by atoms with Gasteiger partial charge in [-0.25, -0.2) is 0 Å². The fourth-order valence-corrected chi connectivity index (χ4v) is 2.35. The topological polar surface area (TPSA) is 71.3 Å². The number of ether oxygens (including phenoxy) is 2. The maximum Gasteiger partial charge on any atom is 0.262 e. The van der Waals surface area contributed by atoms with Crippen LogP contribution in [-0.2, 0) is 4.79 Å². The smallest absolute Gasteiger partial charge is 0.262 e. The van der Waals surface area contributed by atoms with Crippen molar-refractivity contribution >= 4 is 27.5 Å². The van der Waals surface area contributed by atoms with Crippen LogP contribution in [0.5, 0.6) is 11.5 Å². The molecule has 1 N–H and O–H groups in total. The van der Waals surface area contributed by atoms with E-state index in [0.29, 0.717) is 29.4 Å². The maximum absolute atomic E-state index is 12.0. The minimum Gasteiger partial charge on any atom is -0.490 e. The van der Waals surface area contributed by atoms with Crippen molar-refractivity contribution < 1.29 is 14.3 Å². The van der Waals surface area contributed by atoms with E-state index in [1.54, 1.807) is 18.2 Å².